The first kappa shape index (κ1) is 22.7. The van der Waals surface area contributed by atoms with Crippen molar-refractivity contribution < 1.29 is 19.0 Å². The number of nitrogen functional groups attached to an aromatic ring is 1. The van der Waals surface area contributed by atoms with Gasteiger partial charge in [-0.1, -0.05) is 18.5 Å². The standard InChI is InChI=1S/C19H23ClN2O4.ClH/c1-4-8-26-18-14(20)9-12(10-17(18)25-5-2)19(23)22-13-6-7-16(24-3)15(21)11-13;/h6-7,9-11H,4-5,8,21H2,1-3H3,(H,22,23);1H. The number of carbonyl (C=O) groups is 1. The molecule has 0 saturated heterocycles. The fourth-order valence-electron chi connectivity index (χ4n) is 2.32. The molecule has 148 valence electrons. The molecular formula is C19H24Cl2N2O4. The van der Waals surface area contributed by atoms with Gasteiger partial charge in [-0.3, -0.25) is 4.79 Å². The van der Waals surface area contributed by atoms with Gasteiger partial charge in [-0.2, -0.15) is 0 Å². The topological polar surface area (TPSA) is 82.8 Å². The van der Waals surface area contributed by atoms with E-state index in [0.717, 1.165) is 6.42 Å². The molecule has 0 saturated carbocycles. The molecule has 0 spiro atoms. The zero-order chi connectivity index (χ0) is 19.1. The second kappa shape index (κ2) is 10.7. The highest BCUT2D eigenvalue weighted by Crippen LogP contribution is 2.37. The van der Waals surface area contributed by atoms with Crippen LogP contribution in [-0.2, 0) is 0 Å². The van der Waals surface area contributed by atoms with Gasteiger partial charge in [0.1, 0.15) is 5.75 Å². The molecule has 2 aromatic carbocycles. The molecule has 6 nitrogen and oxygen atoms in total. The maximum Gasteiger partial charge on any atom is 0.255 e. The number of methoxy groups -OCH3 is 1. The van der Waals surface area contributed by atoms with E-state index in [1.807, 2.05) is 13.8 Å². The molecule has 27 heavy (non-hydrogen) atoms. The number of rotatable bonds is 8. The number of halogens is 2. The van der Waals surface area contributed by atoms with E-state index in [1.165, 1.54) is 7.11 Å². The van der Waals surface area contributed by atoms with Gasteiger partial charge < -0.3 is 25.3 Å². The van der Waals surface area contributed by atoms with Crippen LogP contribution in [0.25, 0.3) is 0 Å². The fraction of sp³-hybridized carbons (Fsp3) is 0.316. The molecule has 0 heterocycles. The smallest absolute Gasteiger partial charge is 0.255 e. The van der Waals surface area contributed by atoms with Crippen LogP contribution >= 0.6 is 24.0 Å². The summed E-state index contributed by atoms with van der Waals surface area (Å²) < 4.78 is 16.3. The van der Waals surface area contributed by atoms with E-state index < -0.39 is 0 Å². The van der Waals surface area contributed by atoms with Gasteiger partial charge in [0.25, 0.3) is 5.91 Å². The van der Waals surface area contributed by atoms with E-state index in [1.54, 1.807) is 30.3 Å². The Bertz CT molecular complexity index is 785. The molecule has 3 N–H and O–H groups in total. The van der Waals surface area contributed by atoms with Crippen molar-refractivity contribution in [2.75, 3.05) is 31.4 Å². The molecule has 1 amide bonds. The van der Waals surface area contributed by atoms with Crippen LogP contribution < -0.4 is 25.3 Å². The number of hydrogen-bond donors (Lipinski definition) is 2. The van der Waals surface area contributed by atoms with Crippen molar-refractivity contribution in [1.82, 2.24) is 0 Å². The normalized spacial score (nSPS) is 9.93. The Labute approximate surface area is 170 Å². The summed E-state index contributed by atoms with van der Waals surface area (Å²) in [4.78, 5) is 12.6. The minimum absolute atomic E-state index is 0. The third kappa shape index (κ3) is 5.84. The minimum Gasteiger partial charge on any atom is -0.495 e. The second-order valence-electron chi connectivity index (χ2n) is 5.48. The summed E-state index contributed by atoms with van der Waals surface area (Å²) >= 11 is 6.30. The van der Waals surface area contributed by atoms with Gasteiger partial charge in [-0.05, 0) is 43.7 Å². The van der Waals surface area contributed by atoms with Crippen molar-refractivity contribution >= 4 is 41.3 Å². The van der Waals surface area contributed by atoms with Gasteiger partial charge in [0.15, 0.2) is 11.5 Å². The lowest BCUT2D eigenvalue weighted by molar-refractivity contribution is 0.102. The van der Waals surface area contributed by atoms with Crippen molar-refractivity contribution in [2.24, 2.45) is 0 Å². The van der Waals surface area contributed by atoms with Gasteiger partial charge in [0, 0.05) is 11.3 Å². The Kier molecular flexibility index (Phi) is 9.05. The van der Waals surface area contributed by atoms with Crippen LogP contribution in [0.15, 0.2) is 30.3 Å². The lowest BCUT2D eigenvalue weighted by atomic mass is 10.1. The second-order valence-corrected chi connectivity index (χ2v) is 5.88. The maximum absolute atomic E-state index is 12.6. The molecule has 0 aromatic heterocycles. The highest BCUT2D eigenvalue weighted by Gasteiger charge is 2.17. The van der Waals surface area contributed by atoms with Gasteiger partial charge in [0.2, 0.25) is 0 Å². The van der Waals surface area contributed by atoms with Crippen LogP contribution in [-0.4, -0.2) is 26.2 Å². The van der Waals surface area contributed by atoms with Crippen molar-refractivity contribution in [3.8, 4) is 17.2 Å². The Morgan fingerprint density at radius 2 is 1.89 bits per heavy atom. The van der Waals surface area contributed by atoms with Gasteiger partial charge in [-0.25, -0.2) is 0 Å². The van der Waals surface area contributed by atoms with E-state index in [0.29, 0.717) is 52.4 Å². The van der Waals surface area contributed by atoms with E-state index in [-0.39, 0.29) is 18.3 Å². The fourth-order valence-corrected chi connectivity index (χ4v) is 2.59. The number of amides is 1. The number of nitrogens with two attached hydrogens (primary N) is 1. The third-order valence-electron chi connectivity index (χ3n) is 3.51. The summed E-state index contributed by atoms with van der Waals surface area (Å²) in [5, 5.41) is 3.10. The average molecular weight is 415 g/mol. The van der Waals surface area contributed by atoms with E-state index >= 15 is 0 Å². The lowest BCUT2D eigenvalue weighted by Gasteiger charge is -2.15. The summed E-state index contributed by atoms with van der Waals surface area (Å²) in [5.74, 6) is 1.09. The highest BCUT2D eigenvalue weighted by atomic mass is 35.5. The number of carbonyl (C=O) groups excluding carboxylic acids is 1. The maximum atomic E-state index is 12.6. The zero-order valence-corrected chi connectivity index (χ0v) is 17.1. The molecular weight excluding hydrogens is 391 g/mol. The Balaban J connectivity index is 0.00000364. The Morgan fingerprint density at radius 1 is 1.15 bits per heavy atom. The minimum atomic E-state index is -0.334. The highest BCUT2D eigenvalue weighted by molar-refractivity contribution is 6.32. The van der Waals surface area contributed by atoms with Crippen molar-refractivity contribution in [3.63, 3.8) is 0 Å². The predicted molar refractivity (Wildman–Crippen MR) is 111 cm³/mol. The Morgan fingerprint density at radius 3 is 2.48 bits per heavy atom. The first-order valence-electron chi connectivity index (χ1n) is 8.34. The largest absolute Gasteiger partial charge is 0.495 e. The molecule has 0 aliphatic carbocycles. The number of nitrogens with one attached hydrogen (secondary N) is 1. The van der Waals surface area contributed by atoms with Crippen molar-refractivity contribution in [1.29, 1.82) is 0 Å². The van der Waals surface area contributed by atoms with Crippen LogP contribution in [0, 0.1) is 0 Å². The van der Waals surface area contributed by atoms with E-state index in [4.69, 9.17) is 31.5 Å². The molecule has 2 rings (SSSR count). The molecule has 0 unspecified atom stereocenters. The number of ether oxygens (including phenoxy) is 3. The van der Waals surface area contributed by atoms with Crippen LogP contribution in [0.2, 0.25) is 5.02 Å². The molecule has 0 atom stereocenters. The molecule has 0 radical (unpaired) electrons. The van der Waals surface area contributed by atoms with Gasteiger partial charge >= 0.3 is 0 Å². The van der Waals surface area contributed by atoms with Crippen LogP contribution in [0.1, 0.15) is 30.6 Å². The summed E-state index contributed by atoms with van der Waals surface area (Å²) in [7, 11) is 1.53. The number of benzene rings is 2. The monoisotopic (exact) mass is 414 g/mol. The summed E-state index contributed by atoms with van der Waals surface area (Å²) in [6, 6.07) is 8.18. The summed E-state index contributed by atoms with van der Waals surface area (Å²) in [5.41, 5.74) is 7.21. The molecule has 0 fully saturated rings. The predicted octanol–water partition coefficient (Wildman–Crippen LogP) is 4.79. The first-order valence-corrected chi connectivity index (χ1v) is 8.71. The third-order valence-corrected chi connectivity index (χ3v) is 3.79. The number of anilines is 2. The van der Waals surface area contributed by atoms with E-state index in [9.17, 15) is 4.79 Å². The van der Waals surface area contributed by atoms with Crippen molar-refractivity contribution in [2.45, 2.75) is 20.3 Å². The molecule has 0 aliphatic heterocycles. The van der Waals surface area contributed by atoms with Crippen molar-refractivity contribution in [3.05, 3.63) is 40.9 Å². The van der Waals surface area contributed by atoms with Gasteiger partial charge in [0.05, 0.1) is 31.0 Å². The Hall–Kier alpha value is -2.31. The molecule has 2 aromatic rings. The zero-order valence-electron chi connectivity index (χ0n) is 15.5. The number of hydrogen-bond acceptors (Lipinski definition) is 5. The van der Waals surface area contributed by atoms with E-state index in [2.05, 4.69) is 5.32 Å². The SMILES string of the molecule is CCCOc1c(Cl)cc(C(=O)Nc2ccc(OC)c(N)c2)cc1OCC.Cl. The first-order chi connectivity index (χ1) is 12.5. The lowest BCUT2D eigenvalue weighted by Crippen LogP contribution is -2.13. The molecule has 8 heteroatoms. The summed E-state index contributed by atoms with van der Waals surface area (Å²) in [6.45, 7) is 4.79. The quantitative estimate of drug-likeness (QED) is 0.606. The average Bonchev–Trinajstić information content (AvgIpc) is 2.61. The summed E-state index contributed by atoms with van der Waals surface area (Å²) in [6.07, 6.45) is 0.836. The molecule has 0 aliphatic rings. The van der Waals surface area contributed by atoms with Gasteiger partial charge in [-0.15, -0.1) is 12.4 Å². The van der Waals surface area contributed by atoms with Crippen LogP contribution in [0.5, 0.6) is 17.2 Å². The van der Waals surface area contributed by atoms with Crippen LogP contribution in [0.3, 0.4) is 0 Å². The van der Waals surface area contributed by atoms with Crippen LogP contribution in [0.4, 0.5) is 11.4 Å². The molecule has 0 bridgehead atoms.